The third kappa shape index (κ3) is 4.05. The molecule has 0 spiro atoms. The van der Waals surface area contributed by atoms with Crippen LogP contribution < -0.4 is 5.32 Å². The van der Waals surface area contributed by atoms with Crippen LogP contribution in [0.3, 0.4) is 0 Å². The van der Waals surface area contributed by atoms with Crippen LogP contribution in [0.4, 0.5) is 4.39 Å². The van der Waals surface area contributed by atoms with E-state index in [1.807, 2.05) is 7.05 Å². The Morgan fingerprint density at radius 1 is 1.10 bits per heavy atom. The molecule has 0 saturated carbocycles. The summed E-state index contributed by atoms with van der Waals surface area (Å²) in [5.41, 5.74) is 3.49. The summed E-state index contributed by atoms with van der Waals surface area (Å²) in [6, 6.07) is 13.3. The molecule has 0 aliphatic rings. The summed E-state index contributed by atoms with van der Waals surface area (Å²) < 4.78 is 13.2. The lowest BCUT2D eigenvalue weighted by Gasteiger charge is -2.18. The SMILES string of the molecule is CNC(Cc1ccc(C(C)C)cc1)c1ccc(F)cc1Cl. The average Bonchev–Trinajstić information content (AvgIpc) is 2.46. The van der Waals surface area contributed by atoms with Crippen LogP contribution in [0.2, 0.25) is 5.02 Å². The summed E-state index contributed by atoms with van der Waals surface area (Å²) in [6.07, 6.45) is 0.820. The molecule has 0 amide bonds. The lowest BCUT2D eigenvalue weighted by molar-refractivity contribution is 0.586. The van der Waals surface area contributed by atoms with Gasteiger partial charge in [-0.3, -0.25) is 0 Å². The van der Waals surface area contributed by atoms with Crippen molar-refractivity contribution in [2.75, 3.05) is 7.05 Å². The van der Waals surface area contributed by atoms with Crippen molar-refractivity contribution in [1.82, 2.24) is 5.32 Å². The van der Waals surface area contributed by atoms with Gasteiger partial charge >= 0.3 is 0 Å². The molecule has 2 rings (SSSR count). The van der Waals surface area contributed by atoms with Crippen molar-refractivity contribution >= 4 is 11.6 Å². The summed E-state index contributed by atoms with van der Waals surface area (Å²) >= 11 is 6.16. The Balaban J connectivity index is 2.18. The summed E-state index contributed by atoms with van der Waals surface area (Å²) in [6.45, 7) is 4.37. The van der Waals surface area contributed by atoms with E-state index >= 15 is 0 Å². The molecule has 2 aromatic carbocycles. The third-order valence-corrected chi connectivity index (χ3v) is 4.10. The first-order valence-corrected chi connectivity index (χ1v) is 7.60. The second-order valence-electron chi connectivity index (χ2n) is 5.61. The van der Waals surface area contributed by atoms with Crippen molar-refractivity contribution < 1.29 is 4.39 Å². The molecule has 0 saturated heterocycles. The molecular weight excluding hydrogens is 285 g/mol. The second-order valence-corrected chi connectivity index (χ2v) is 6.01. The first kappa shape index (κ1) is 16.0. The summed E-state index contributed by atoms with van der Waals surface area (Å²) in [7, 11) is 1.90. The Morgan fingerprint density at radius 3 is 2.29 bits per heavy atom. The highest BCUT2D eigenvalue weighted by molar-refractivity contribution is 6.31. The fourth-order valence-corrected chi connectivity index (χ4v) is 2.72. The van der Waals surface area contributed by atoms with Gasteiger partial charge < -0.3 is 5.32 Å². The van der Waals surface area contributed by atoms with E-state index in [0.29, 0.717) is 10.9 Å². The van der Waals surface area contributed by atoms with Gasteiger partial charge in [0.25, 0.3) is 0 Å². The standard InChI is InChI=1S/C18H21ClFN/c1-12(2)14-6-4-13(5-7-14)10-18(21-3)16-9-8-15(20)11-17(16)19/h4-9,11-12,18,21H,10H2,1-3H3. The van der Waals surface area contributed by atoms with Gasteiger partial charge in [0.2, 0.25) is 0 Å². The number of hydrogen-bond donors (Lipinski definition) is 1. The van der Waals surface area contributed by atoms with Crippen LogP contribution >= 0.6 is 11.6 Å². The van der Waals surface area contributed by atoms with Gasteiger partial charge in [0.15, 0.2) is 0 Å². The molecule has 2 aromatic rings. The number of nitrogens with one attached hydrogen (secondary N) is 1. The normalized spacial score (nSPS) is 12.7. The zero-order valence-electron chi connectivity index (χ0n) is 12.7. The third-order valence-electron chi connectivity index (χ3n) is 3.77. The Labute approximate surface area is 131 Å². The van der Waals surface area contributed by atoms with Gasteiger partial charge in [-0.15, -0.1) is 0 Å². The van der Waals surface area contributed by atoms with Crippen LogP contribution in [0.5, 0.6) is 0 Å². The molecule has 0 radical (unpaired) electrons. The van der Waals surface area contributed by atoms with Crippen LogP contribution in [-0.2, 0) is 6.42 Å². The van der Waals surface area contributed by atoms with E-state index in [2.05, 4.69) is 43.4 Å². The van der Waals surface area contributed by atoms with Crippen molar-refractivity contribution in [3.63, 3.8) is 0 Å². The average molecular weight is 306 g/mol. The number of benzene rings is 2. The van der Waals surface area contributed by atoms with Gasteiger partial charge in [-0.1, -0.05) is 55.8 Å². The minimum Gasteiger partial charge on any atom is -0.313 e. The summed E-state index contributed by atoms with van der Waals surface area (Å²) in [4.78, 5) is 0. The van der Waals surface area contributed by atoms with Crippen LogP contribution in [0.15, 0.2) is 42.5 Å². The monoisotopic (exact) mass is 305 g/mol. The Bertz CT molecular complexity index is 593. The van der Waals surface area contributed by atoms with Gasteiger partial charge in [0.05, 0.1) is 0 Å². The van der Waals surface area contributed by atoms with E-state index < -0.39 is 0 Å². The number of rotatable bonds is 5. The molecule has 1 unspecified atom stereocenters. The predicted octanol–water partition coefficient (Wildman–Crippen LogP) is 5.11. The van der Waals surface area contributed by atoms with Crippen LogP contribution in [0.1, 0.15) is 42.5 Å². The van der Waals surface area contributed by atoms with Crippen LogP contribution in [0.25, 0.3) is 0 Å². The van der Waals surface area contributed by atoms with E-state index in [-0.39, 0.29) is 11.9 Å². The summed E-state index contributed by atoms with van der Waals surface area (Å²) in [5, 5.41) is 3.72. The largest absolute Gasteiger partial charge is 0.313 e. The summed E-state index contributed by atoms with van der Waals surface area (Å²) in [5.74, 6) is 0.227. The number of halogens is 2. The fraction of sp³-hybridized carbons (Fsp3) is 0.333. The van der Waals surface area contributed by atoms with E-state index in [1.54, 1.807) is 6.07 Å². The molecule has 1 nitrogen and oxygen atoms in total. The molecule has 21 heavy (non-hydrogen) atoms. The van der Waals surface area contributed by atoms with Crippen molar-refractivity contribution in [1.29, 1.82) is 0 Å². The minimum atomic E-state index is -0.306. The molecule has 0 heterocycles. The predicted molar refractivity (Wildman–Crippen MR) is 87.4 cm³/mol. The maximum Gasteiger partial charge on any atom is 0.124 e. The van der Waals surface area contributed by atoms with Crippen LogP contribution in [-0.4, -0.2) is 7.05 Å². The Kier molecular flexibility index (Phi) is 5.38. The second kappa shape index (κ2) is 7.06. The van der Waals surface area contributed by atoms with Crippen molar-refractivity contribution in [3.05, 3.63) is 70.0 Å². The van der Waals surface area contributed by atoms with E-state index in [1.165, 1.54) is 23.3 Å². The van der Waals surface area contributed by atoms with Crippen molar-refractivity contribution in [3.8, 4) is 0 Å². The maximum atomic E-state index is 13.2. The van der Waals surface area contributed by atoms with Gasteiger partial charge in [-0.25, -0.2) is 4.39 Å². The number of hydrogen-bond acceptors (Lipinski definition) is 1. The first-order valence-electron chi connectivity index (χ1n) is 7.22. The highest BCUT2D eigenvalue weighted by atomic mass is 35.5. The smallest absolute Gasteiger partial charge is 0.124 e. The quantitative estimate of drug-likeness (QED) is 0.810. The lowest BCUT2D eigenvalue weighted by Crippen LogP contribution is -2.19. The maximum absolute atomic E-state index is 13.2. The van der Waals surface area contributed by atoms with Crippen molar-refractivity contribution in [2.24, 2.45) is 0 Å². The molecule has 3 heteroatoms. The minimum absolute atomic E-state index is 0.0722. The molecule has 1 atom stereocenters. The van der Waals surface area contributed by atoms with E-state index in [0.717, 1.165) is 12.0 Å². The van der Waals surface area contributed by atoms with Gasteiger partial charge in [-0.2, -0.15) is 0 Å². The van der Waals surface area contributed by atoms with Gasteiger partial charge in [0, 0.05) is 11.1 Å². The molecule has 0 bridgehead atoms. The molecule has 1 N–H and O–H groups in total. The lowest BCUT2D eigenvalue weighted by atomic mass is 9.96. The molecule has 0 fully saturated rings. The van der Waals surface area contributed by atoms with E-state index in [9.17, 15) is 4.39 Å². The molecular formula is C18H21ClFN. The van der Waals surface area contributed by atoms with Gasteiger partial charge in [-0.05, 0) is 48.2 Å². The highest BCUT2D eigenvalue weighted by Crippen LogP contribution is 2.27. The van der Waals surface area contributed by atoms with Crippen molar-refractivity contribution in [2.45, 2.75) is 32.2 Å². The zero-order valence-corrected chi connectivity index (χ0v) is 13.4. The number of likely N-dealkylation sites (N-methyl/N-ethyl adjacent to an activating group) is 1. The van der Waals surface area contributed by atoms with Crippen LogP contribution in [0, 0.1) is 5.82 Å². The highest BCUT2D eigenvalue weighted by Gasteiger charge is 2.14. The molecule has 0 aromatic heterocycles. The van der Waals surface area contributed by atoms with E-state index in [4.69, 9.17) is 11.6 Å². The Hall–Kier alpha value is -1.38. The molecule has 112 valence electrons. The zero-order chi connectivity index (χ0) is 15.4. The van der Waals surface area contributed by atoms with Gasteiger partial charge in [0.1, 0.15) is 5.82 Å². The molecule has 0 aliphatic heterocycles. The fourth-order valence-electron chi connectivity index (χ4n) is 2.43. The molecule has 0 aliphatic carbocycles. The Morgan fingerprint density at radius 2 is 1.76 bits per heavy atom. The topological polar surface area (TPSA) is 12.0 Å². The first-order chi connectivity index (χ1) is 10.0.